The second-order valence-corrected chi connectivity index (χ2v) is 6.61. The number of Topliss-reactive ketones (excluding diaryl/α,β-unsaturated/α-hetero) is 1. The van der Waals surface area contributed by atoms with Gasteiger partial charge in [0, 0.05) is 12.0 Å². The molecule has 0 aromatic rings. The summed E-state index contributed by atoms with van der Waals surface area (Å²) < 4.78 is 0. The molecule has 1 saturated carbocycles. The van der Waals surface area contributed by atoms with Crippen molar-refractivity contribution < 1.29 is 4.79 Å². The zero-order valence-corrected chi connectivity index (χ0v) is 11.8. The molecule has 17 heavy (non-hydrogen) atoms. The Hall–Kier alpha value is -0.370. The van der Waals surface area contributed by atoms with Crippen molar-refractivity contribution in [3.05, 3.63) is 0 Å². The van der Waals surface area contributed by atoms with Gasteiger partial charge in [-0.15, -0.1) is 0 Å². The molecule has 0 aromatic carbocycles. The molecule has 0 heterocycles. The summed E-state index contributed by atoms with van der Waals surface area (Å²) in [6.07, 6.45) is 9.27. The molecule has 0 saturated heterocycles. The second-order valence-electron chi connectivity index (χ2n) is 6.61. The number of ketones is 1. The Kier molecular flexibility index (Phi) is 5.64. The number of carbonyl (C=O) groups is 1. The largest absolute Gasteiger partial charge is 0.328 e. The molecule has 0 bridgehead atoms. The highest BCUT2D eigenvalue weighted by atomic mass is 16.1. The maximum Gasteiger partial charge on any atom is 0.132 e. The topological polar surface area (TPSA) is 43.1 Å². The van der Waals surface area contributed by atoms with Gasteiger partial charge in [0.15, 0.2) is 0 Å². The van der Waals surface area contributed by atoms with Crippen LogP contribution in [-0.4, -0.2) is 11.8 Å². The molecule has 2 nitrogen and oxygen atoms in total. The van der Waals surface area contributed by atoms with Crippen LogP contribution < -0.4 is 5.73 Å². The van der Waals surface area contributed by atoms with Gasteiger partial charge >= 0.3 is 0 Å². The zero-order valence-electron chi connectivity index (χ0n) is 11.8. The third kappa shape index (κ3) is 5.67. The summed E-state index contributed by atoms with van der Waals surface area (Å²) in [5.41, 5.74) is 6.51. The van der Waals surface area contributed by atoms with Crippen molar-refractivity contribution in [1.82, 2.24) is 0 Å². The highest BCUT2D eigenvalue weighted by Crippen LogP contribution is 2.33. The van der Waals surface area contributed by atoms with Crippen molar-refractivity contribution in [2.45, 2.75) is 78.2 Å². The van der Waals surface area contributed by atoms with E-state index in [1.165, 1.54) is 25.7 Å². The SMILES string of the molecule is CC(=O)C1CCC(C)(C)CCCCCC(N)C1. The first-order valence-electron chi connectivity index (χ1n) is 7.17. The van der Waals surface area contributed by atoms with Gasteiger partial charge in [-0.05, 0) is 44.4 Å². The molecule has 2 heteroatoms. The van der Waals surface area contributed by atoms with Crippen molar-refractivity contribution in [2.75, 3.05) is 0 Å². The standard InChI is InChI=1S/C15H29NO/c1-12(17)13-8-10-15(2,3)9-6-4-5-7-14(16)11-13/h13-14H,4-11,16H2,1-3H3. The number of carbonyl (C=O) groups excluding carboxylic acids is 1. The first-order valence-corrected chi connectivity index (χ1v) is 7.17. The zero-order chi connectivity index (χ0) is 12.9. The van der Waals surface area contributed by atoms with E-state index in [1.807, 2.05) is 0 Å². The molecule has 0 amide bonds. The average molecular weight is 239 g/mol. The van der Waals surface area contributed by atoms with E-state index in [4.69, 9.17) is 5.73 Å². The predicted octanol–water partition coefficient (Wildman–Crippen LogP) is 3.68. The monoisotopic (exact) mass is 239 g/mol. The Bertz CT molecular complexity index is 247. The number of nitrogens with two attached hydrogens (primary N) is 1. The minimum absolute atomic E-state index is 0.197. The minimum atomic E-state index is 0.197. The lowest BCUT2D eigenvalue weighted by Crippen LogP contribution is -2.27. The Morgan fingerprint density at radius 1 is 1.12 bits per heavy atom. The lowest BCUT2D eigenvalue weighted by atomic mass is 9.79. The normalized spacial score (nSPS) is 31.5. The third-order valence-corrected chi connectivity index (χ3v) is 4.26. The van der Waals surface area contributed by atoms with Crippen molar-refractivity contribution in [2.24, 2.45) is 17.1 Å². The van der Waals surface area contributed by atoms with Crippen LogP contribution in [0.15, 0.2) is 0 Å². The van der Waals surface area contributed by atoms with Gasteiger partial charge in [-0.3, -0.25) is 4.79 Å². The van der Waals surface area contributed by atoms with E-state index < -0.39 is 0 Å². The molecular weight excluding hydrogens is 210 g/mol. The highest BCUT2D eigenvalue weighted by Gasteiger charge is 2.24. The molecule has 100 valence electrons. The van der Waals surface area contributed by atoms with E-state index in [1.54, 1.807) is 6.92 Å². The lowest BCUT2D eigenvalue weighted by Gasteiger charge is -2.26. The predicted molar refractivity (Wildman–Crippen MR) is 72.9 cm³/mol. The summed E-state index contributed by atoms with van der Waals surface area (Å²) in [4.78, 5) is 11.6. The van der Waals surface area contributed by atoms with Gasteiger partial charge in [-0.25, -0.2) is 0 Å². The van der Waals surface area contributed by atoms with E-state index in [0.717, 1.165) is 25.7 Å². The fourth-order valence-electron chi connectivity index (χ4n) is 2.85. The van der Waals surface area contributed by atoms with Crippen molar-refractivity contribution in [3.8, 4) is 0 Å². The fourth-order valence-corrected chi connectivity index (χ4v) is 2.85. The van der Waals surface area contributed by atoms with Gasteiger partial charge in [-0.1, -0.05) is 33.1 Å². The van der Waals surface area contributed by atoms with Crippen LogP contribution in [-0.2, 0) is 4.79 Å². The molecule has 0 spiro atoms. The van der Waals surface area contributed by atoms with Crippen LogP contribution in [0, 0.1) is 11.3 Å². The Morgan fingerprint density at radius 3 is 2.47 bits per heavy atom. The van der Waals surface area contributed by atoms with E-state index in [-0.39, 0.29) is 12.0 Å². The van der Waals surface area contributed by atoms with Crippen LogP contribution in [0.3, 0.4) is 0 Å². The summed E-state index contributed by atoms with van der Waals surface area (Å²) >= 11 is 0. The van der Waals surface area contributed by atoms with Crippen LogP contribution in [0.4, 0.5) is 0 Å². The van der Waals surface area contributed by atoms with Gasteiger partial charge in [0.1, 0.15) is 5.78 Å². The van der Waals surface area contributed by atoms with E-state index in [0.29, 0.717) is 11.2 Å². The first kappa shape index (κ1) is 14.7. The van der Waals surface area contributed by atoms with Gasteiger partial charge < -0.3 is 5.73 Å². The lowest BCUT2D eigenvalue weighted by molar-refractivity contribution is -0.121. The number of hydrogen-bond donors (Lipinski definition) is 1. The van der Waals surface area contributed by atoms with Gasteiger partial charge in [0.25, 0.3) is 0 Å². The van der Waals surface area contributed by atoms with Crippen LogP contribution in [0.25, 0.3) is 0 Å². The average Bonchev–Trinajstić information content (AvgIpc) is 2.24. The molecule has 2 unspecified atom stereocenters. The molecule has 0 radical (unpaired) electrons. The Balaban J connectivity index is 2.63. The second kappa shape index (κ2) is 6.53. The molecule has 2 N–H and O–H groups in total. The van der Waals surface area contributed by atoms with E-state index >= 15 is 0 Å². The molecule has 1 aliphatic rings. The Morgan fingerprint density at radius 2 is 1.82 bits per heavy atom. The van der Waals surface area contributed by atoms with Crippen molar-refractivity contribution in [1.29, 1.82) is 0 Å². The summed E-state index contributed by atoms with van der Waals surface area (Å²) in [6, 6.07) is 0.227. The highest BCUT2D eigenvalue weighted by molar-refractivity contribution is 5.78. The minimum Gasteiger partial charge on any atom is -0.328 e. The van der Waals surface area contributed by atoms with Crippen LogP contribution in [0.1, 0.15) is 72.1 Å². The van der Waals surface area contributed by atoms with Crippen LogP contribution in [0.2, 0.25) is 0 Å². The molecule has 0 aliphatic heterocycles. The molecule has 2 atom stereocenters. The smallest absolute Gasteiger partial charge is 0.132 e. The van der Waals surface area contributed by atoms with Crippen molar-refractivity contribution >= 4 is 5.78 Å². The van der Waals surface area contributed by atoms with Crippen LogP contribution >= 0.6 is 0 Å². The molecule has 1 aliphatic carbocycles. The van der Waals surface area contributed by atoms with Crippen molar-refractivity contribution in [3.63, 3.8) is 0 Å². The maximum atomic E-state index is 11.6. The molecule has 1 fully saturated rings. The van der Waals surface area contributed by atoms with E-state index in [2.05, 4.69) is 13.8 Å². The summed E-state index contributed by atoms with van der Waals surface area (Å²) in [7, 11) is 0. The summed E-state index contributed by atoms with van der Waals surface area (Å²) in [6.45, 7) is 6.40. The van der Waals surface area contributed by atoms with Crippen LogP contribution in [0.5, 0.6) is 0 Å². The third-order valence-electron chi connectivity index (χ3n) is 4.26. The first-order chi connectivity index (χ1) is 7.91. The fraction of sp³-hybridized carbons (Fsp3) is 0.933. The molecule has 1 rings (SSSR count). The van der Waals surface area contributed by atoms with E-state index in [9.17, 15) is 4.79 Å². The quantitative estimate of drug-likeness (QED) is 0.758. The number of rotatable bonds is 1. The Labute approximate surface area is 106 Å². The maximum absolute atomic E-state index is 11.6. The van der Waals surface area contributed by atoms with Gasteiger partial charge in [-0.2, -0.15) is 0 Å². The number of hydrogen-bond acceptors (Lipinski definition) is 2. The molecule has 0 aromatic heterocycles. The van der Waals surface area contributed by atoms with Gasteiger partial charge in [0.05, 0.1) is 0 Å². The summed E-state index contributed by atoms with van der Waals surface area (Å²) in [5, 5.41) is 0. The molecular formula is C15H29NO. The summed E-state index contributed by atoms with van der Waals surface area (Å²) in [5.74, 6) is 0.526. The van der Waals surface area contributed by atoms with Gasteiger partial charge in [0.2, 0.25) is 0 Å².